The van der Waals surface area contributed by atoms with Crippen molar-refractivity contribution in [3.8, 4) is 0 Å². The van der Waals surface area contributed by atoms with Crippen LogP contribution in [0.2, 0.25) is 0 Å². The van der Waals surface area contributed by atoms with Crippen molar-refractivity contribution in [1.29, 1.82) is 0 Å². The Balaban J connectivity index is 1.54. The molecule has 27 heavy (non-hydrogen) atoms. The molecule has 6 nitrogen and oxygen atoms in total. The molecule has 0 saturated carbocycles. The number of H-pyrrole nitrogens is 1. The number of nitrogens with zero attached hydrogens (tertiary/aromatic N) is 1. The van der Waals surface area contributed by atoms with Crippen LogP contribution < -0.4 is 10.6 Å². The van der Waals surface area contributed by atoms with Gasteiger partial charge in [0.1, 0.15) is 12.7 Å². The molecule has 1 atom stereocenters. The summed E-state index contributed by atoms with van der Waals surface area (Å²) in [4.78, 5) is 30.3. The quantitative estimate of drug-likeness (QED) is 0.663. The third kappa shape index (κ3) is 3.26. The SMILES string of the molecule is CC(C)[C@H]1Nc2ccccc2C(=O)N1CC(=O)Nc1ccc2cc[nH]c2c1. The number of nitrogens with one attached hydrogen (secondary N) is 3. The summed E-state index contributed by atoms with van der Waals surface area (Å²) >= 11 is 0. The van der Waals surface area contributed by atoms with E-state index in [1.54, 1.807) is 11.0 Å². The topological polar surface area (TPSA) is 77.2 Å². The number of anilines is 2. The summed E-state index contributed by atoms with van der Waals surface area (Å²) in [6.07, 6.45) is 1.63. The van der Waals surface area contributed by atoms with Gasteiger partial charge in [-0.1, -0.05) is 32.0 Å². The molecule has 3 aromatic rings. The van der Waals surface area contributed by atoms with Crippen LogP contribution in [0, 0.1) is 5.92 Å². The molecule has 4 rings (SSSR count). The maximum atomic E-state index is 13.0. The monoisotopic (exact) mass is 362 g/mol. The standard InChI is InChI=1S/C21H22N4O2/c1-13(2)20-24-17-6-4-3-5-16(17)21(27)25(20)12-19(26)23-15-8-7-14-9-10-22-18(14)11-15/h3-11,13,20,22,24H,12H2,1-2H3,(H,23,26)/t20-/m0/s1. The molecule has 0 aliphatic carbocycles. The number of carbonyl (C=O) groups excluding carboxylic acids is 2. The number of carbonyl (C=O) groups is 2. The van der Waals surface area contributed by atoms with Gasteiger partial charge in [-0.25, -0.2) is 0 Å². The molecular weight excluding hydrogens is 340 g/mol. The van der Waals surface area contributed by atoms with Gasteiger partial charge in [-0.05, 0) is 41.6 Å². The number of para-hydroxylation sites is 1. The lowest BCUT2D eigenvalue weighted by molar-refractivity contribution is -0.117. The molecule has 138 valence electrons. The van der Waals surface area contributed by atoms with E-state index in [0.717, 1.165) is 16.6 Å². The Labute approximate surface area is 157 Å². The van der Waals surface area contributed by atoms with Gasteiger partial charge in [0, 0.05) is 23.1 Å². The first kappa shape index (κ1) is 17.1. The third-order valence-corrected chi connectivity index (χ3v) is 4.84. The molecule has 0 fully saturated rings. The summed E-state index contributed by atoms with van der Waals surface area (Å²) in [5, 5.41) is 7.36. The molecule has 0 saturated heterocycles. The van der Waals surface area contributed by atoms with Crippen molar-refractivity contribution in [2.24, 2.45) is 5.92 Å². The van der Waals surface area contributed by atoms with Crippen molar-refractivity contribution < 1.29 is 9.59 Å². The van der Waals surface area contributed by atoms with Crippen molar-refractivity contribution in [2.45, 2.75) is 20.0 Å². The van der Waals surface area contributed by atoms with Crippen LogP contribution in [0.25, 0.3) is 10.9 Å². The lowest BCUT2D eigenvalue weighted by atomic mass is 10.0. The zero-order valence-corrected chi connectivity index (χ0v) is 15.3. The third-order valence-electron chi connectivity index (χ3n) is 4.84. The zero-order valence-electron chi connectivity index (χ0n) is 15.3. The Bertz CT molecular complexity index is 1010. The van der Waals surface area contributed by atoms with Crippen LogP contribution in [0.4, 0.5) is 11.4 Å². The molecule has 0 spiro atoms. The van der Waals surface area contributed by atoms with Gasteiger partial charge in [0.05, 0.1) is 5.56 Å². The highest BCUT2D eigenvalue weighted by atomic mass is 16.2. The fraction of sp³-hybridized carbons (Fsp3) is 0.238. The van der Waals surface area contributed by atoms with Crippen molar-refractivity contribution in [2.75, 3.05) is 17.2 Å². The highest BCUT2D eigenvalue weighted by molar-refractivity contribution is 6.04. The smallest absolute Gasteiger partial charge is 0.258 e. The van der Waals surface area contributed by atoms with E-state index in [2.05, 4.69) is 15.6 Å². The van der Waals surface area contributed by atoms with Crippen molar-refractivity contribution >= 4 is 34.1 Å². The van der Waals surface area contributed by atoms with E-state index in [1.807, 2.05) is 62.5 Å². The zero-order chi connectivity index (χ0) is 19.0. The highest BCUT2D eigenvalue weighted by Gasteiger charge is 2.34. The summed E-state index contributed by atoms with van der Waals surface area (Å²) in [7, 11) is 0. The van der Waals surface area contributed by atoms with E-state index >= 15 is 0 Å². The molecule has 1 aromatic heterocycles. The van der Waals surface area contributed by atoms with E-state index in [-0.39, 0.29) is 30.4 Å². The number of hydrogen-bond donors (Lipinski definition) is 3. The van der Waals surface area contributed by atoms with Gasteiger partial charge in [-0.15, -0.1) is 0 Å². The van der Waals surface area contributed by atoms with Crippen molar-refractivity contribution in [3.05, 3.63) is 60.3 Å². The summed E-state index contributed by atoms with van der Waals surface area (Å²) in [6, 6.07) is 15.1. The fourth-order valence-corrected chi connectivity index (χ4v) is 3.49. The Morgan fingerprint density at radius 2 is 2.00 bits per heavy atom. The fourth-order valence-electron chi connectivity index (χ4n) is 3.49. The molecule has 6 heteroatoms. The molecule has 0 radical (unpaired) electrons. The number of rotatable bonds is 4. The van der Waals surface area contributed by atoms with E-state index in [0.29, 0.717) is 11.3 Å². The number of hydrogen-bond acceptors (Lipinski definition) is 3. The lowest BCUT2D eigenvalue weighted by Gasteiger charge is -2.39. The van der Waals surface area contributed by atoms with E-state index in [9.17, 15) is 9.59 Å². The van der Waals surface area contributed by atoms with Gasteiger partial charge in [-0.2, -0.15) is 0 Å². The van der Waals surface area contributed by atoms with Gasteiger partial charge in [0.15, 0.2) is 0 Å². The second-order valence-electron chi connectivity index (χ2n) is 7.14. The van der Waals surface area contributed by atoms with Crippen molar-refractivity contribution in [3.63, 3.8) is 0 Å². The van der Waals surface area contributed by atoms with Crippen LogP contribution in [-0.4, -0.2) is 34.4 Å². The van der Waals surface area contributed by atoms with Crippen LogP contribution in [0.15, 0.2) is 54.7 Å². The normalized spacial score (nSPS) is 16.3. The van der Waals surface area contributed by atoms with Crippen LogP contribution in [0.3, 0.4) is 0 Å². The number of aromatic amines is 1. The van der Waals surface area contributed by atoms with E-state index in [4.69, 9.17) is 0 Å². The molecule has 2 amide bonds. The first-order chi connectivity index (χ1) is 13.0. The number of amides is 2. The maximum Gasteiger partial charge on any atom is 0.258 e. The van der Waals surface area contributed by atoms with Crippen LogP contribution in [0.5, 0.6) is 0 Å². The average molecular weight is 362 g/mol. The molecule has 0 unspecified atom stereocenters. The summed E-state index contributed by atoms with van der Waals surface area (Å²) in [5.74, 6) is -0.190. The Kier molecular flexibility index (Phi) is 4.32. The summed E-state index contributed by atoms with van der Waals surface area (Å²) in [5.41, 5.74) is 3.07. The summed E-state index contributed by atoms with van der Waals surface area (Å²) < 4.78 is 0. The minimum atomic E-state index is -0.232. The second kappa shape index (κ2) is 6.79. The van der Waals surface area contributed by atoms with Crippen LogP contribution in [-0.2, 0) is 4.79 Å². The Hall–Kier alpha value is -3.28. The van der Waals surface area contributed by atoms with Crippen molar-refractivity contribution in [1.82, 2.24) is 9.88 Å². The molecule has 2 heterocycles. The van der Waals surface area contributed by atoms with E-state index in [1.165, 1.54) is 0 Å². The molecule has 2 aromatic carbocycles. The number of benzene rings is 2. The van der Waals surface area contributed by atoms with Crippen LogP contribution >= 0.6 is 0 Å². The molecule has 3 N–H and O–H groups in total. The first-order valence-corrected chi connectivity index (χ1v) is 9.06. The van der Waals surface area contributed by atoms with Crippen LogP contribution in [0.1, 0.15) is 24.2 Å². The summed E-state index contributed by atoms with van der Waals surface area (Å²) in [6.45, 7) is 4.05. The molecule has 1 aliphatic heterocycles. The van der Waals surface area contributed by atoms with Gasteiger partial charge in [-0.3, -0.25) is 9.59 Å². The van der Waals surface area contributed by atoms with Gasteiger partial charge in [0.2, 0.25) is 5.91 Å². The van der Waals surface area contributed by atoms with Gasteiger partial charge >= 0.3 is 0 Å². The largest absolute Gasteiger partial charge is 0.364 e. The molecule has 1 aliphatic rings. The average Bonchev–Trinajstić information content (AvgIpc) is 3.11. The highest BCUT2D eigenvalue weighted by Crippen LogP contribution is 2.28. The predicted molar refractivity (Wildman–Crippen MR) is 107 cm³/mol. The number of fused-ring (bicyclic) bond motifs is 2. The molecule has 0 bridgehead atoms. The minimum Gasteiger partial charge on any atom is -0.364 e. The minimum absolute atomic E-state index is 0.00816. The van der Waals surface area contributed by atoms with E-state index < -0.39 is 0 Å². The first-order valence-electron chi connectivity index (χ1n) is 9.06. The molecular formula is C21H22N4O2. The Morgan fingerprint density at radius 1 is 1.19 bits per heavy atom. The predicted octanol–water partition coefficient (Wildman–Crippen LogP) is 3.66. The van der Waals surface area contributed by atoms with Gasteiger partial charge < -0.3 is 20.5 Å². The lowest BCUT2D eigenvalue weighted by Crippen LogP contribution is -2.53. The number of aromatic nitrogens is 1. The maximum absolute atomic E-state index is 13.0. The second-order valence-corrected chi connectivity index (χ2v) is 7.14. The Morgan fingerprint density at radius 3 is 2.81 bits per heavy atom. The van der Waals surface area contributed by atoms with Gasteiger partial charge in [0.25, 0.3) is 5.91 Å².